The van der Waals surface area contributed by atoms with Crippen LogP contribution in [0.15, 0.2) is 30.7 Å². The van der Waals surface area contributed by atoms with Crippen molar-refractivity contribution in [3.05, 3.63) is 30.7 Å². The van der Waals surface area contributed by atoms with E-state index in [1.807, 2.05) is 0 Å². The molecule has 0 aromatic carbocycles. The number of thioether (sulfide) groups is 1. The zero-order valence-corrected chi connectivity index (χ0v) is 19.2. The molecule has 1 fully saturated rings. The van der Waals surface area contributed by atoms with E-state index >= 15 is 0 Å². The second kappa shape index (κ2) is 10.9. The zero-order chi connectivity index (χ0) is 24.0. The SMILES string of the molecule is COc1ncc(-c2ccc(O[C@H]3SC[C@@H](OC(C)=O)[C@H](OC(C)=O)[C@H]3OC(C)=O)cn2)cn1. The van der Waals surface area contributed by atoms with Crippen LogP contribution in [0.3, 0.4) is 0 Å². The number of rotatable bonds is 7. The lowest BCUT2D eigenvalue weighted by Gasteiger charge is -2.39. The second-order valence-electron chi connectivity index (χ2n) is 6.95. The molecular weight excluding hydrogens is 454 g/mol. The van der Waals surface area contributed by atoms with Gasteiger partial charge in [0.2, 0.25) is 0 Å². The summed E-state index contributed by atoms with van der Waals surface area (Å²) in [5.74, 6) is -1.07. The monoisotopic (exact) mass is 477 g/mol. The lowest BCUT2D eigenvalue weighted by atomic mass is 10.1. The molecule has 0 radical (unpaired) electrons. The van der Waals surface area contributed by atoms with Crippen molar-refractivity contribution >= 4 is 29.7 Å². The molecule has 11 nitrogen and oxygen atoms in total. The molecule has 12 heteroatoms. The molecule has 0 spiro atoms. The Balaban J connectivity index is 1.78. The van der Waals surface area contributed by atoms with Crippen LogP contribution in [-0.4, -0.2) is 69.5 Å². The average molecular weight is 477 g/mol. The van der Waals surface area contributed by atoms with Gasteiger partial charge in [0.05, 0.1) is 19.0 Å². The van der Waals surface area contributed by atoms with Crippen molar-refractivity contribution in [3.8, 4) is 23.0 Å². The van der Waals surface area contributed by atoms with E-state index < -0.39 is 41.7 Å². The number of carbonyl (C=O) groups excluding carboxylic acids is 3. The van der Waals surface area contributed by atoms with E-state index in [1.165, 1.54) is 45.8 Å². The van der Waals surface area contributed by atoms with E-state index in [-0.39, 0.29) is 11.8 Å². The number of hydrogen-bond acceptors (Lipinski definition) is 12. The molecule has 0 bridgehead atoms. The number of nitrogens with zero attached hydrogens (tertiary/aromatic N) is 3. The van der Waals surface area contributed by atoms with Gasteiger partial charge >= 0.3 is 23.9 Å². The van der Waals surface area contributed by atoms with Crippen LogP contribution in [0.25, 0.3) is 11.3 Å². The van der Waals surface area contributed by atoms with E-state index in [1.54, 1.807) is 24.5 Å². The summed E-state index contributed by atoms with van der Waals surface area (Å²) in [6.07, 6.45) is 1.84. The number of hydrogen-bond donors (Lipinski definition) is 0. The molecule has 0 aliphatic carbocycles. The van der Waals surface area contributed by atoms with Gasteiger partial charge in [0, 0.05) is 44.5 Å². The Kier molecular flexibility index (Phi) is 8.04. The van der Waals surface area contributed by atoms with Crippen LogP contribution in [0.2, 0.25) is 0 Å². The summed E-state index contributed by atoms with van der Waals surface area (Å²) in [6.45, 7) is 3.70. The zero-order valence-electron chi connectivity index (χ0n) is 18.4. The van der Waals surface area contributed by atoms with Crippen molar-refractivity contribution in [2.24, 2.45) is 0 Å². The maximum absolute atomic E-state index is 11.7. The fourth-order valence-corrected chi connectivity index (χ4v) is 4.34. The van der Waals surface area contributed by atoms with E-state index in [0.29, 0.717) is 17.0 Å². The molecule has 2 aromatic heterocycles. The molecule has 33 heavy (non-hydrogen) atoms. The van der Waals surface area contributed by atoms with Crippen LogP contribution in [0.5, 0.6) is 11.8 Å². The Labute approximate surface area is 194 Å². The quantitative estimate of drug-likeness (QED) is 0.425. The van der Waals surface area contributed by atoms with Gasteiger partial charge in [-0.15, -0.1) is 11.8 Å². The van der Waals surface area contributed by atoms with Crippen LogP contribution in [0, 0.1) is 0 Å². The van der Waals surface area contributed by atoms with Crippen molar-refractivity contribution in [1.82, 2.24) is 15.0 Å². The van der Waals surface area contributed by atoms with Crippen LogP contribution in [0.1, 0.15) is 20.8 Å². The summed E-state index contributed by atoms with van der Waals surface area (Å²) >= 11 is 1.26. The molecule has 1 saturated heterocycles. The highest BCUT2D eigenvalue weighted by molar-refractivity contribution is 7.99. The smallest absolute Gasteiger partial charge is 0.316 e. The maximum Gasteiger partial charge on any atom is 0.316 e. The Bertz CT molecular complexity index is 986. The molecule has 176 valence electrons. The van der Waals surface area contributed by atoms with Gasteiger partial charge in [-0.3, -0.25) is 19.4 Å². The highest BCUT2D eigenvalue weighted by atomic mass is 32.2. The first-order valence-corrected chi connectivity index (χ1v) is 10.9. The molecule has 3 heterocycles. The first-order chi connectivity index (χ1) is 15.8. The summed E-state index contributed by atoms with van der Waals surface area (Å²) in [6, 6.07) is 3.66. The molecule has 0 N–H and O–H groups in total. The maximum atomic E-state index is 11.7. The van der Waals surface area contributed by atoms with Gasteiger partial charge in [0.15, 0.2) is 23.7 Å². The molecule has 0 saturated carbocycles. The van der Waals surface area contributed by atoms with Gasteiger partial charge in [-0.05, 0) is 12.1 Å². The minimum Gasteiger partial charge on any atom is -0.474 e. The van der Waals surface area contributed by atoms with Crippen LogP contribution in [0.4, 0.5) is 0 Å². The highest BCUT2D eigenvalue weighted by Crippen LogP contribution is 2.34. The average Bonchev–Trinajstić information content (AvgIpc) is 2.77. The standard InChI is InChI=1S/C21H23N3O8S/c1-11(25)29-17-10-33-20(19(31-13(3)27)18(17)30-12(2)26)32-15-5-6-16(22-9-15)14-7-23-21(28-4)24-8-14/h5-9,17-20H,10H2,1-4H3/t17-,18+,19-,20+/m1/s1. The third-order valence-corrected chi connectivity index (χ3v) is 5.61. The summed E-state index contributed by atoms with van der Waals surface area (Å²) in [7, 11) is 1.48. The van der Waals surface area contributed by atoms with Gasteiger partial charge in [-0.1, -0.05) is 0 Å². The molecule has 0 unspecified atom stereocenters. The molecule has 1 aliphatic rings. The van der Waals surface area contributed by atoms with Gasteiger partial charge in [-0.25, -0.2) is 9.97 Å². The summed E-state index contributed by atoms with van der Waals surface area (Å²) in [5, 5.41) is 0. The summed E-state index contributed by atoms with van der Waals surface area (Å²) in [5.41, 5.74) is 0.568. The normalized spacial score (nSPS) is 22.1. The first-order valence-electron chi connectivity index (χ1n) is 9.89. The molecule has 0 amide bonds. The number of ether oxygens (including phenoxy) is 5. The van der Waals surface area contributed by atoms with E-state index in [2.05, 4.69) is 15.0 Å². The minimum absolute atomic E-state index is 0.249. The van der Waals surface area contributed by atoms with Crippen LogP contribution in [-0.2, 0) is 28.6 Å². The third kappa shape index (κ3) is 6.54. The Morgan fingerprint density at radius 2 is 1.52 bits per heavy atom. The molecule has 3 rings (SSSR count). The predicted octanol–water partition coefficient (Wildman–Crippen LogP) is 1.79. The van der Waals surface area contributed by atoms with Crippen molar-refractivity contribution < 1.29 is 38.1 Å². The largest absolute Gasteiger partial charge is 0.474 e. The van der Waals surface area contributed by atoms with Crippen LogP contribution < -0.4 is 9.47 Å². The molecule has 2 aromatic rings. The van der Waals surface area contributed by atoms with Gasteiger partial charge < -0.3 is 23.7 Å². The molecular formula is C21H23N3O8S. The number of carbonyl (C=O) groups is 3. The van der Waals surface area contributed by atoms with E-state index in [9.17, 15) is 14.4 Å². The van der Waals surface area contributed by atoms with Gasteiger partial charge in [0.25, 0.3) is 0 Å². The fraction of sp³-hybridized carbons (Fsp3) is 0.429. The summed E-state index contributed by atoms with van der Waals surface area (Å²) < 4.78 is 27.0. The van der Waals surface area contributed by atoms with Crippen LogP contribution >= 0.6 is 11.8 Å². The Morgan fingerprint density at radius 1 is 0.879 bits per heavy atom. The van der Waals surface area contributed by atoms with Gasteiger partial charge in [-0.2, -0.15) is 0 Å². The lowest BCUT2D eigenvalue weighted by molar-refractivity contribution is -0.186. The van der Waals surface area contributed by atoms with Crippen molar-refractivity contribution in [2.75, 3.05) is 12.9 Å². The van der Waals surface area contributed by atoms with Gasteiger partial charge in [0.1, 0.15) is 5.75 Å². The number of pyridine rings is 1. The number of esters is 3. The lowest BCUT2D eigenvalue weighted by Crippen LogP contribution is -2.55. The Morgan fingerprint density at radius 3 is 2.06 bits per heavy atom. The number of methoxy groups -OCH3 is 1. The first kappa shape index (κ1) is 24.2. The third-order valence-electron chi connectivity index (χ3n) is 4.40. The van der Waals surface area contributed by atoms with E-state index in [0.717, 1.165) is 0 Å². The predicted molar refractivity (Wildman–Crippen MR) is 115 cm³/mol. The second-order valence-corrected chi connectivity index (χ2v) is 8.08. The molecule has 4 atom stereocenters. The topological polar surface area (TPSA) is 136 Å². The fourth-order valence-electron chi connectivity index (χ4n) is 3.12. The van der Waals surface area contributed by atoms with Crippen molar-refractivity contribution in [2.45, 2.75) is 44.5 Å². The Hall–Kier alpha value is -3.41. The summed E-state index contributed by atoms with van der Waals surface area (Å²) in [4.78, 5) is 47.4. The minimum atomic E-state index is -1.02. The van der Waals surface area contributed by atoms with Crippen molar-refractivity contribution in [3.63, 3.8) is 0 Å². The molecule has 1 aliphatic heterocycles. The van der Waals surface area contributed by atoms with E-state index in [4.69, 9.17) is 23.7 Å². The van der Waals surface area contributed by atoms with Crippen molar-refractivity contribution in [1.29, 1.82) is 0 Å². The number of aromatic nitrogens is 3. The highest BCUT2D eigenvalue weighted by Gasteiger charge is 2.47.